The molecule has 25 heavy (non-hydrogen) atoms. The SMILES string of the molecule is CCc1ccc(CCOc2ccc(Cc3sc(=O)[nH]c3O)cc2)cc1. The monoisotopic (exact) mass is 355 g/mol. The number of nitrogens with one attached hydrogen (secondary N) is 1. The van der Waals surface area contributed by atoms with Gasteiger partial charge in [0.15, 0.2) is 0 Å². The third-order valence-corrected chi connectivity index (χ3v) is 4.95. The van der Waals surface area contributed by atoms with E-state index in [2.05, 4.69) is 36.2 Å². The molecule has 1 heterocycles. The number of rotatable bonds is 7. The van der Waals surface area contributed by atoms with Crippen LogP contribution in [0.1, 0.15) is 28.5 Å². The minimum atomic E-state index is -0.237. The zero-order valence-corrected chi connectivity index (χ0v) is 14.9. The predicted molar refractivity (Wildman–Crippen MR) is 101 cm³/mol. The largest absolute Gasteiger partial charge is 0.494 e. The molecule has 0 atom stereocenters. The van der Waals surface area contributed by atoms with Crippen LogP contribution in [0.25, 0.3) is 0 Å². The summed E-state index contributed by atoms with van der Waals surface area (Å²) in [5.41, 5.74) is 3.64. The van der Waals surface area contributed by atoms with Crippen LogP contribution in [0, 0.1) is 0 Å². The van der Waals surface area contributed by atoms with E-state index in [4.69, 9.17) is 4.74 Å². The number of aromatic hydroxyl groups is 1. The molecule has 130 valence electrons. The van der Waals surface area contributed by atoms with Crippen molar-refractivity contribution in [2.75, 3.05) is 6.61 Å². The average molecular weight is 355 g/mol. The second-order valence-electron chi connectivity index (χ2n) is 5.88. The van der Waals surface area contributed by atoms with Crippen LogP contribution in [0.4, 0.5) is 0 Å². The normalized spacial score (nSPS) is 10.8. The summed E-state index contributed by atoms with van der Waals surface area (Å²) in [6.07, 6.45) is 2.46. The van der Waals surface area contributed by atoms with Gasteiger partial charge in [-0.2, -0.15) is 0 Å². The average Bonchev–Trinajstić information content (AvgIpc) is 2.94. The molecule has 0 amide bonds. The van der Waals surface area contributed by atoms with Crippen molar-refractivity contribution in [2.45, 2.75) is 26.2 Å². The van der Waals surface area contributed by atoms with Crippen molar-refractivity contribution in [2.24, 2.45) is 0 Å². The molecule has 0 aliphatic rings. The number of benzene rings is 2. The molecule has 2 N–H and O–H groups in total. The first-order valence-corrected chi connectivity index (χ1v) is 9.16. The van der Waals surface area contributed by atoms with Crippen molar-refractivity contribution in [3.05, 3.63) is 79.8 Å². The summed E-state index contributed by atoms with van der Waals surface area (Å²) in [6, 6.07) is 16.4. The topological polar surface area (TPSA) is 62.3 Å². The molecule has 0 unspecified atom stereocenters. The molecule has 0 aliphatic carbocycles. The third kappa shape index (κ3) is 4.73. The van der Waals surface area contributed by atoms with Crippen LogP contribution in [0.3, 0.4) is 0 Å². The number of hydrogen-bond donors (Lipinski definition) is 2. The van der Waals surface area contributed by atoms with Gasteiger partial charge >= 0.3 is 4.87 Å². The van der Waals surface area contributed by atoms with Gasteiger partial charge in [-0.1, -0.05) is 54.7 Å². The van der Waals surface area contributed by atoms with Gasteiger partial charge < -0.3 is 9.84 Å². The van der Waals surface area contributed by atoms with E-state index in [1.807, 2.05) is 24.3 Å². The van der Waals surface area contributed by atoms with E-state index in [0.29, 0.717) is 17.9 Å². The number of hydrogen-bond acceptors (Lipinski definition) is 4. The third-order valence-electron chi connectivity index (χ3n) is 4.08. The van der Waals surface area contributed by atoms with Crippen LogP contribution in [0.2, 0.25) is 0 Å². The Morgan fingerprint density at radius 1 is 1.00 bits per heavy atom. The van der Waals surface area contributed by atoms with Crippen molar-refractivity contribution >= 4 is 11.3 Å². The van der Waals surface area contributed by atoms with Gasteiger partial charge in [0.25, 0.3) is 0 Å². The molecule has 0 fully saturated rings. The lowest BCUT2D eigenvalue weighted by Gasteiger charge is -2.08. The zero-order chi connectivity index (χ0) is 17.6. The van der Waals surface area contributed by atoms with Crippen molar-refractivity contribution in [1.29, 1.82) is 0 Å². The molecule has 4 nitrogen and oxygen atoms in total. The summed E-state index contributed by atoms with van der Waals surface area (Å²) in [4.78, 5) is 14.0. The van der Waals surface area contributed by atoms with Crippen LogP contribution in [-0.2, 0) is 19.3 Å². The molecular weight excluding hydrogens is 334 g/mol. The van der Waals surface area contributed by atoms with Gasteiger partial charge in [0.2, 0.25) is 5.88 Å². The summed E-state index contributed by atoms with van der Waals surface area (Å²) in [5.74, 6) is 0.782. The van der Waals surface area contributed by atoms with Crippen molar-refractivity contribution in [1.82, 2.24) is 4.98 Å². The minimum Gasteiger partial charge on any atom is -0.494 e. The van der Waals surface area contributed by atoms with E-state index in [-0.39, 0.29) is 10.8 Å². The van der Waals surface area contributed by atoms with Crippen LogP contribution < -0.4 is 9.61 Å². The second kappa shape index (κ2) is 8.03. The maximum absolute atomic E-state index is 11.2. The Morgan fingerprint density at radius 2 is 1.64 bits per heavy atom. The highest BCUT2D eigenvalue weighted by atomic mass is 32.1. The Morgan fingerprint density at radius 3 is 2.24 bits per heavy atom. The lowest BCUT2D eigenvalue weighted by atomic mass is 10.1. The van der Waals surface area contributed by atoms with Gasteiger partial charge in [-0.15, -0.1) is 0 Å². The number of aromatic nitrogens is 1. The fraction of sp³-hybridized carbons (Fsp3) is 0.250. The number of ether oxygens (including phenoxy) is 1. The number of thiazole rings is 1. The van der Waals surface area contributed by atoms with E-state index < -0.39 is 0 Å². The Labute approximate surface area is 150 Å². The quantitative estimate of drug-likeness (QED) is 0.675. The molecule has 3 rings (SSSR count). The fourth-order valence-electron chi connectivity index (χ4n) is 2.59. The fourth-order valence-corrected chi connectivity index (χ4v) is 3.35. The predicted octanol–water partition coefficient (Wildman–Crippen LogP) is 3.92. The summed E-state index contributed by atoms with van der Waals surface area (Å²) in [6.45, 7) is 2.78. The zero-order valence-electron chi connectivity index (χ0n) is 14.1. The van der Waals surface area contributed by atoms with Crippen LogP contribution >= 0.6 is 11.3 Å². The van der Waals surface area contributed by atoms with Crippen LogP contribution in [0.5, 0.6) is 11.6 Å². The Balaban J connectivity index is 1.52. The minimum absolute atomic E-state index is 0.0376. The van der Waals surface area contributed by atoms with E-state index in [1.165, 1.54) is 11.1 Å². The summed E-state index contributed by atoms with van der Waals surface area (Å²) in [5, 5.41) is 9.63. The highest BCUT2D eigenvalue weighted by Crippen LogP contribution is 2.21. The molecule has 5 heteroatoms. The van der Waals surface area contributed by atoms with Crippen molar-refractivity contribution in [3.63, 3.8) is 0 Å². The van der Waals surface area contributed by atoms with Crippen molar-refractivity contribution < 1.29 is 9.84 Å². The number of H-pyrrole nitrogens is 1. The molecule has 0 spiro atoms. The van der Waals surface area contributed by atoms with Crippen LogP contribution in [0.15, 0.2) is 53.3 Å². The Hall–Kier alpha value is -2.53. The highest BCUT2D eigenvalue weighted by molar-refractivity contribution is 7.09. The van der Waals surface area contributed by atoms with Gasteiger partial charge in [-0.25, -0.2) is 0 Å². The van der Waals surface area contributed by atoms with E-state index >= 15 is 0 Å². The molecule has 2 aromatic carbocycles. The van der Waals surface area contributed by atoms with Gasteiger partial charge in [0, 0.05) is 12.8 Å². The molecule has 0 saturated carbocycles. The van der Waals surface area contributed by atoms with Gasteiger partial charge in [0.05, 0.1) is 11.5 Å². The van der Waals surface area contributed by atoms with E-state index in [9.17, 15) is 9.90 Å². The Kier molecular flexibility index (Phi) is 5.56. The second-order valence-corrected chi connectivity index (χ2v) is 6.94. The molecule has 0 radical (unpaired) electrons. The lowest BCUT2D eigenvalue weighted by Crippen LogP contribution is -2.01. The number of aromatic amines is 1. The molecule has 1 aromatic heterocycles. The molecule has 3 aromatic rings. The van der Waals surface area contributed by atoms with E-state index in [1.54, 1.807) is 0 Å². The van der Waals surface area contributed by atoms with Crippen molar-refractivity contribution in [3.8, 4) is 11.6 Å². The molecular formula is C20H21NO3S. The standard InChI is InChI=1S/C20H21NO3S/c1-2-14-3-5-15(6-4-14)11-12-24-17-9-7-16(8-10-17)13-18-19(22)21-20(23)25-18/h3-10,22H,2,11-13H2,1H3,(H,21,23). The first-order valence-electron chi connectivity index (χ1n) is 8.34. The maximum Gasteiger partial charge on any atom is 0.307 e. The first kappa shape index (κ1) is 17.3. The first-order chi connectivity index (χ1) is 12.1. The molecule has 0 bridgehead atoms. The molecule has 0 saturated heterocycles. The summed E-state index contributed by atoms with van der Waals surface area (Å²) >= 11 is 1.04. The van der Waals surface area contributed by atoms with E-state index in [0.717, 1.165) is 35.5 Å². The van der Waals surface area contributed by atoms with Gasteiger partial charge in [-0.05, 0) is 35.2 Å². The van der Waals surface area contributed by atoms with Gasteiger partial charge in [-0.3, -0.25) is 9.78 Å². The summed E-state index contributed by atoms with van der Waals surface area (Å²) < 4.78 is 5.80. The number of aryl methyl sites for hydroxylation is 1. The van der Waals surface area contributed by atoms with Gasteiger partial charge in [0.1, 0.15) is 5.75 Å². The highest BCUT2D eigenvalue weighted by Gasteiger charge is 2.07. The summed E-state index contributed by atoms with van der Waals surface area (Å²) in [7, 11) is 0. The maximum atomic E-state index is 11.2. The lowest BCUT2D eigenvalue weighted by molar-refractivity contribution is 0.322. The Bertz CT molecular complexity index is 863. The smallest absolute Gasteiger partial charge is 0.307 e. The van der Waals surface area contributed by atoms with Crippen LogP contribution in [-0.4, -0.2) is 16.7 Å². The molecule has 0 aliphatic heterocycles.